The number of nitro benzene ring substituents is 1. The number of anilines is 1. The number of halogens is 1. The Morgan fingerprint density at radius 3 is 2.67 bits per heavy atom. The molecule has 0 radical (unpaired) electrons. The smallest absolute Gasteiger partial charge is 0.271 e. The summed E-state index contributed by atoms with van der Waals surface area (Å²) >= 11 is 0. The average Bonchev–Trinajstić information content (AvgIpc) is 3.55. The number of phenols is 1. The molecule has 6 rings (SSSR count). The van der Waals surface area contributed by atoms with Crippen molar-refractivity contribution in [3.8, 4) is 5.75 Å². The third-order valence-electron chi connectivity index (χ3n) is 8.48. The molecule has 2 amide bonds. The highest BCUT2D eigenvalue weighted by Gasteiger charge is 2.57. The molecule has 3 heterocycles. The standard InChI is InChI=1S/C32H28FN3O7/c33-25-13-18(7-9-27(25)38)12-19(26-6-1-2-11-34-26)8-10-28-29-20(16-37)14-23-30(24(29)17-43-28)32(40)35(31(23)39)21-4-3-5-22(15-21)36(41)42/h1-7,9,11-13,15,23-24,28,30,37-38H,8,10,14,16-17H2/b19-12-/t23-,24+,28-,30-/m1/s1. The third kappa shape index (κ3) is 5.21. The number of imide groups is 1. The fourth-order valence-corrected chi connectivity index (χ4v) is 6.55. The molecule has 2 aliphatic heterocycles. The lowest BCUT2D eigenvalue weighted by Crippen LogP contribution is -2.35. The number of rotatable bonds is 8. The summed E-state index contributed by atoms with van der Waals surface area (Å²) in [7, 11) is 0. The molecule has 0 unspecified atom stereocenters. The number of nitrogens with zero attached hydrogens (tertiary/aromatic N) is 3. The summed E-state index contributed by atoms with van der Waals surface area (Å²) in [5.41, 5.74) is 3.46. The van der Waals surface area contributed by atoms with Gasteiger partial charge in [-0.1, -0.05) is 18.2 Å². The van der Waals surface area contributed by atoms with Crippen LogP contribution in [0.25, 0.3) is 11.6 Å². The predicted molar refractivity (Wildman–Crippen MR) is 154 cm³/mol. The van der Waals surface area contributed by atoms with E-state index in [1.807, 2.05) is 12.1 Å². The van der Waals surface area contributed by atoms with E-state index < -0.39 is 52.2 Å². The van der Waals surface area contributed by atoms with E-state index in [-0.39, 0.29) is 31.0 Å². The number of hydrogen-bond acceptors (Lipinski definition) is 8. The number of carbonyl (C=O) groups excluding carboxylic acids is 2. The summed E-state index contributed by atoms with van der Waals surface area (Å²) in [5, 5.41) is 31.2. The third-order valence-corrected chi connectivity index (χ3v) is 8.48. The molecule has 1 aromatic heterocycles. The highest BCUT2D eigenvalue weighted by molar-refractivity contribution is 6.22. The number of fused-ring (bicyclic) bond motifs is 3. The maximum absolute atomic E-state index is 14.1. The Kier molecular flexibility index (Phi) is 7.59. The summed E-state index contributed by atoms with van der Waals surface area (Å²) in [6, 6.07) is 15.1. The Morgan fingerprint density at radius 2 is 1.95 bits per heavy atom. The van der Waals surface area contributed by atoms with Crippen LogP contribution in [0.1, 0.15) is 30.5 Å². The highest BCUT2D eigenvalue weighted by Crippen LogP contribution is 2.50. The summed E-state index contributed by atoms with van der Waals surface area (Å²) < 4.78 is 20.3. The van der Waals surface area contributed by atoms with Gasteiger partial charge in [0.05, 0.1) is 47.5 Å². The Hall–Kier alpha value is -4.74. The van der Waals surface area contributed by atoms with Gasteiger partial charge in [-0.15, -0.1) is 0 Å². The fraction of sp³-hybridized carbons (Fsp3) is 0.281. The zero-order valence-electron chi connectivity index (χ0n) is 22.9. The molecule has 2 N–H and O–H groups in total. The van der Waals surface area contributed by atoms with Gasteiger partial charge in [-0.25, -0.2) is 9.29 Å². The number of ether oxygens (including phenoxy) is 1. The van der Waals surface area contributed by atoms with E-state index in [2.05, 4.69) is 4.98 Å². The molecule has 2 saturated heterocycles. The average molecular weight is 586 g/mol. The molecule has 3 aliphatic rings. The SMILES string of the molecule is O=C1[C@@H]2[C@@H](CC(CO)=C3[C@@H](CC/C(=C/c4ccc(O)c(F)c4)c4ccccn4)OC[C@@H]32)C(=O)N1c1cccc([N+](=O)[O-])c1. The largest absolute Gasteiger partial charge is 0.505 e. The van der Waals surface area contributed by atoms with Gasteiger partial charge >= 0.3 is 0 Å². The first-order valence-electron chi connectivity index (χ1n) is 13.9. The second-order valence-corrected chi connectivity index (χ2v) is 10.9. The van der Waals surface area contributed by atoms with Crippen LogP contribution in [0, 0.1) is 33.7 Å². The minimum Gasteiger partial charge on any atom is -0.505 e. The van der Waals surface area contributed by atoms with E-state index in [0.717, 1.165) is 16.0 Å². The molecule has 1 aliphatic carbocycles. The van der Waals surface area contributed by atoms with E-state index in [9.17, 15) is 34.3 Å². The maximum Gasteiger partial charge on any atom is 0.271 e. The topological polar surface area (TPSA) is 143 Å². The molecule has 2 aromatic carbocycles. The Morgan fingerprint density at radius 1 is 1.12 bits per heavy atom. The number of aromatic hydroxyl groups is 1. The number of aliphatic hydroxyl groups excluding tert-OH is 1. The molecule has 43 heavy (non-hydrogen) atoms. The van der Waals surface area contributed by atoms with Crippen molar-refractivity contribution in [1.29, 1.82) is 0 Å². The second kappa shape index (κ2) is 11.5. The Labute approximate surface area is 245 Å². The molecule has 10 nitrogen and oxygen atoms in total. The van der Waals surface area contributed by atoms with Crippen LogP contribution in [0.3, 0.4) is 0 Å². The van der Waals surface area contributed by atoms with Gasteiger partial charge in [-0.2, -0.15) is 0 Å². The molecule has 11 heteroatoms. The van der Waals surface area contributed by atoms with Crippen LogP contribution in [0.5, 0.6) is 5.75 Å². The van der Waals surface area contributed by atoms with Crippen LogP contribution >= 0.6 is 0 Å². The van der Waals surface area contributed by atoms with Crippen molar-refractivity contribution >= 4 is 34.8 Å². The molecule has 0 saturated carbocycles. The van der Waals surface area contributed by atoms with E-state index in [4.69, 9.17) is 4.74 Å². The van der Waals surface area contributed by atoms with Crippen LogP contribution in [0.2, 0.25) is 0 Å². The van der Waals surface area contributed by atoms with Gasteiger partial charge in [-0.3, -0.25) is 24.7 Å². The number of aliphatic hydroxyl groups is 1. The number of pyridine rings is 1. The number of hydrogen-bond donors (Lipinski definition) is 2. The zero-order valence-corrected chi connectivity index (χ0v) is 22.9. The lowest BCUT2D eigenvalue weighted by molar-refractivity contribution is -0.384. The lowest BCUT2D eigenvalue weighted by atomic mass is 9.69. The quantitative estimate of drug-likeness (QED) is 0.168. The number of non-ortho nitro benzene ring substituents is 1. The predicted octanol–water partition coefficient (Wildman–Crippen LogP) is 4.67. The van der Waals surface area contributed by atoms with Crippen molar-refractivity contribution in [2.24, 2.45) is 17.8 Å². The number of benzene rings is 2. The van der Waals surface area contributed by atoms with Crippen LogP contribution < -0.4 is 4.90 Å². The van der Waals surface area contributed by atoms with Crippen LogP contribution in [-0.2, 0) is 14.3 Å². The van der Waals surface area contributed by atoms with Gasteiger partial charge in [-0.05, 0) is 78.0 Å². The van der Waals surface area contributed by atoms with E-state index in [1.54, 1.807) is 24.4 Å². The van der Waals surface area contributed by atoms with Crippen molar-refractivity contribution in [2.75, 3.05) is 18.1 Å². The number of amides is 2. The van der Waals surface area contributed by atoms with Crippen LogP contribution in [0.15, 0.2) is 78.0 Å². The molecule has 220 valence electrons. The number of allylic oxidation sites excluding steroid dienone is 1. The Balaban J connectivity index is 1.27. The first-order valence-corrected chi connectivity index (χ1v) is 13.9. The van der Waals surface area contributed by atoms with E-state index in [1.165, 1.54) is 36.4 Å². The molecular weight excluding hydrogens is 557 g/mol. The van der Waals surface area contributed by atoms with E-state index >= 15 is 0 Å². The highest BCUT2D eigenvalue weighted by atomic mass is 19.1. The molecular formula is C32H28FN3O7. The number of carbonyl (C=O) groups is 2. The molecule has 0 bridgehead atoms. The van der Waals surface area contributed by atoms with Gasteiger partial charge in [0, 0.05) is 24.2 Å². The fourth-order valence-electron chi connectivity index (χ4n) is 6.55. The van der Waals surface area contributed by atoms with Gasteiger partial charge in [0.15, 0.2) is 11.6 Å². The van der Waals surface area contributed by atoms with Crippen molar-refractivity contribution in [3.63, 3.8) is 0 Å². The minimum atomic E-state index is -0.736. The van der Waals surface area contributed by atoms with Crippen molar-refractivity contribution in [1.82, 2.24) is 4.98 Å². The van der Waals surface area contributed by atoms with Crippen LogP contribution in [0.4, 0.5) is 15.8 Å². The monoisotopic (exact) mass is 585 g/mol. The second-order valence-electron chi connectivity index (χ2n) is 10.9. The zero-order chi connectivity index (χ0) is 30.2. The normalized spacial score (nSPS) is 23.5. The van der Waals surface area contributed by atoms with Crippen LogP contribution in [-0.4, -0.2) is 51.3 Å². The molecule has 4 atom stereocenters. The molecule has 3 aromatic rings. The van der Waals surface area contributed by atoms with Crippen molar-refractivity contribution in [2.45, 2.75) is 25.4 Å². The van der Waals surface area contributed by atoms with Gasteiger partial charge < -0.3 is 14.9 Å². The summed E-state index contributed by atoms with van der Waals surface area (Å²) in [5.74, 6) is -3.86. The first kappa shape index (κ1) is 28.4. The number of aromatic nitrogens is 1. The van der Waals surface area contributed by atoms with Gasteiger partial charge in [0.25, 0.3) is 5.69 Å². The van der Waals surface area contributed by atoms with Gasteiger partial charge in [0.1, 0.15) is 0 Å². The lowest BCUT2D eigenvalue weighted by Gasteiger charge is -2.31. The summed E-state index contributed by atoms with van der Waals surface area (Å²) in [4.78, 5) is 43.4. The van der Waals surface area contributed by atoms with Gasteiger partial charge in [0.2, 0.25) is 11.8 Å². The van der Waals surface area contributed by atoms with E-state index in [0.29, 0.717) is 29.7 Å². The Bertz CT molecular complexity index is 1670. The summed E-state index contributed by atoms with van der Waals surface area (Å²) in [6.45, 7) is -0.0960. The van der Waals surface area contributed by atoms with Crippen molar-refractivity contribution < 1.29 is 33.9 Å². The minimum absolute atomic E-state index is 0.150. The molecule has 2 fully saturated rings. The molecule has 0 spiro atoms. The number of nitro groups is 1. The maximum atomic E-state index is 14.1. The van der Waals surface area contributed by atoms with Crippen molar-refractivity contribution in [3.05, 3.63) is 105 Å². The first-order chi connectivity index (χ1) is 20.8. The summed E-state index contributed by atoms with van der Waals surface area (Å²) in [6.07, 6.45) is 4.18. The number of phenolic OH excluding ortho intramolecular Hbond substituents is 1.